The molecule has 0 bridgehead atoms. The number of benzene rings is 1. The maximum atomic E-state index is 11.1. The van der Waals surface area contributed by atoms with Gasteiger partial charge in [-0.2, -0.15) is 0 Å². The standard InChI is InChI=1S/C19H30O/c1-12-11-13(2)15(4)17(14(12)3)18(20)16-9-7-8-10-19(16,5)6/h11,16,18,20H,7-10H2,1-6H3. The Morgan fingerprint density at radius 2 is 1.60 bits per heavy atom. The molecule has 1 fully saturated rings. The molecule has 0 radical (unpaired) electrons. The summed E-state index contributed by atoms with van der Waals surface area (Å²) in [5, 5.41) is 11.1. The number of aliphatic hydroxyl groups is 1. The van der Waals surface area contributed by atoms with Gasteiger partial charge in [-0.05, 0) is 79.7 Å². The predicted molar refractivity (Wildman–Crippen MR) is 86.1 cm³/mol. The zero-order valence-corrected chi connectivity index (χ0v) is 14.0. The Bertz CT molecular complexity index is 473. The Kier molecular flexibility index (Phi) is 4.30. The zero-order valence-electron chi connectivity index (χ0n) is 14.0. The van der Waals surface area contributed by atoms with Crippen LogP contribution in [0.2, 0.25) is 0 Å². The van der Waals surface area contributed by atoms with E-state index in [2.05, 4.69) is 47.6 Å². The highest BCUT2D eigenvalue weighted by Crippen LogP contribution is 2.48. The molecule has 1 aliphatic carbocycles. The van der Waals surface area contributed by atoms with Crippen LogP contribution in [0.15, 0.2) is 6.07 Å². The van der Waals surface area contributed by atoms with Gasteiger partial charge in [-0.25, -0.2) is 0 Å². The Labute approximate surface area is 124 Å². The second-order valence-electron chi connectivity index (χ2n) is 7.46. The summed E-state index contributed by atoms with van der Waals surface area (Å²) >= 11 is 0. The molecular weight excluding hydrogens is 244 g/mol. The van der Waals surface area contributed by atoms with Crippen molar-refractivity contribution in [1.29, 1.82) is 0 Å². The minimum Gasteiger partial charge on any atom is -0.388 e. The summed E-state index contributed by atoms with van der Waals surface area (Å²) in [6, 6.07) is 2.24. The Hall–Kier alpha value is -0.820. The second kappa shape index (κ2) is 5.52. The molecule has 1 aliphatic rings. The van der Waals surface area contributed by atoms with Gasteiger partial charge in [-0.1, -0.05) is 32.8 Å². The molecule has 0 heterocycles. The van der Waals surface area contributed by atoms with E-state index in [-0.39, 0.29) is 11.5 Å². The molecule has 20 heavy (non-hydrogen) atoms. The summed E-state index contributed by atoms with van der Waals surface area (Å²) < 4.78 is 0. The fourth-order valence-electron chi connectivity index (χ4n) is 4.00. The van der Waals surface area contributed by atoms with E-state index in [1.165, 1.54) is 47.1 Å². The van der Waals surface area contributed by atoms with Crippen LogP contribution in [0.4, 0.5) is 0 Å². The molecule has 0 spiro atoms. The average Bonchev–Trinajstić information content (AvgIpc) is 2.36. The van der Waals surface area contributed by atoms with Gasteiger partial charge in [0.1, 0.15) is 0 Å². The Balaban J connectivity index is 2.45. The number of aryl methyl sites for hydroxylation is 2. The Morgan fingerprint density at radius 1 is 1.05 bits per heavy atom. The molecule has 1 nitrogen and oxygen atoms in total. The van der Waals surface area contributed by atoms with E-state index in [1.54, 1.807) is 0 Å². The van der Waals surface area contributed by atoms with Crippen LogP contribution >= 0.6 is 0 Å². The molecule has 1 aromatic carbocycles. The molecule has 1 saturated carbocycles. The lowest BCUT2D eigenvalue weighted by Gasteiger charge is -2.42. The van der Waals surface area contributed by atoms with Crippen molar-refractivity contribution in [3.63, 3.8) is 0 Å². The molecule has 1 aromatic rings. The minimum absolute atomic E-state index is 0.244. The van der Waals surface area contributed by atoms with E-state index in [4.69, 9.17) is 0 Å². The number of hydrogen-bond donors (Lipinski definition) is 1. The first kappa shape index (κ1) is 15.6. The first-order valence-electron chi connectivity index (χ1n) is 8.01. The molecule has 1 heteroatoms. The fraction of sp³-hybridized carbons (Fsp3) is 0.684. The van der Waals surface area contributed by atoms with Crippen LogP contribution in [-0.4, -0.2) is 5.11 Å². The predicted octanol–water partition coefficient (Wildman–Crippen LogP) is 5.17. The lowest BCUT2D eigenvalue weighted by atomic mass is 9.65. The average molecular weight is 274 g/mol. The summed E-state index contributed by atoms with van der Waals surface area (Å²) in [4.78, 5) is 0. The van der Waals surface area contributed by atoms with Gasteiger partial charge >= 0.3 is 0 Å². The molecule has 0 amide bonds. The SMILES string of the molecule is Cc1cc(C)c(C)c(C(O)C2CCCCC2(C)C)c1C. The molecule has 2 unspecified atom stereocenters. The highest BCUT2D eigenvalue weighted by atomic mass is 16.3. The van der Waals surface area contributed by atoms with E-state index in [0.717, 1.165) is 6.42 Å². The lowest BCUT2D eigenvalue weighted by Crippen LogP contribution is -2.33. The van der Waals surface area contributed by atoms with Crippen LogP contribution in [0, 0.1) is 39.0 Å². The van der Waals surface area contributed by atoms with Crippen LogP contribution < -0.4 is 0 Å². The van der Waals surface area contributed by atoms with Gasteiger partial charge in [0.25, 0.3) is 0 Å². The summed E-state index contributed by atoms with van der Waals surface area (Å²) in [5.74, 6) is 0.384. The summed E-state index contributed by atoms with van der Waals surface area (Å²) in [6.07, 6.45) is 4.64. The number of hydrogen-bond acceptors (Lipinski definition) is 1. The molecule has 0 aromatic heterocycles. The van der Waals surface area contributed by atoms with Gasteiger partial charge < -0.3 is 5.11 Å². The number of aliphatic hydroxyl groups excluding tert-OH is 1. The third kappa shape index (κ3) is 2.65. The van der Waals surface area contributed by atoms with Crippen LogP contribution in [0.3, 0.4) is 0 Å². The molecular formula is C19H30O. The minimum atomic E-state index is -0.316. The van der Waals surface area contributed by atoms with Crippen molar-refractivity contribution in [3.05, 3.63) is 33.9 Å². The molecule has 2 atom stereocenters. The Morgan fingerprint density at radius 3 is 2.10 bits per heavy atom. The third-order valence-corrected chi connectivity index (χ3v) is 5.69. The van der Waals surface area contributed by atoms with Gasteiger partial charge in [0.2, 0.25) is 0 Å². The fourth-order valence-corrected chi connectivity index (χ4v) is 4.00. The van der Waals surface area contributed by atoms with E-state index in [1.807, 2.05) is 0 Å². The first-order chi connectivity index (χ1) is 9.25. The van der Waals surface area contributed by atoms with E-state index in [0.29, 0.717) is 5.92 Å². The normalized spacial score (nSPS) is 23.6. The second-order valence-corrected chi connectivity index (χ2v) is 7.46. The third-order valence-electron chi connectivity index (χ3n) is 5.69. The van der Waals surface area contributed by atoms with Crippen LogP contribution in [0.25, 0.3) is 0 Å². The maximum absolute atomic E-state index is 11.1. The topological polar surface area (TPSA) is 20.2 Å². The van der Waals surface area contributed by atoms with E-state index < -0.39 is 0 Å². The van der Waals surface area contributed by atoms with Crippen molar-refractivity contribution in [2.45, 2.75) is 73.3 Å². The quantitative estimate of drug-likeness (QED) is 0.788. The highest BCUT2D eigenvalue weighted by molar-refractivity contribution is 5.45. The highest BCUT2D eigenvalue weighted by Gasteiger charge is 2.38. The lowest BCUT2D eigenvalue weighted by molar-refractivity contribution is 0.00313. The number of rotatable bonds is 2. The van der Waals surface area contributed by atoms with Crippen LogP contribution in [0.1, 0.15) is 73.5 Å². The smallest absolute Gasteiger partial charge is 0.0828 e. The largest absolute Gasteiger partial charge is 0.388 e. The summed E-state index contributed by atoms with van der Waals surface area (Å²) in [6.45, 7) is 13.3. The molecule has 0 aliphatic heterocycles. The first-order valence-corrected chi connectivity index (χ1v) is 8.01. The van der Waals surface area contributed by atoms with Crippen molar-refractivity contribution >= 4 is 0 Å². The molecule has 112 valence electrons. The van der Waals surface area contributed by atoms with Crippen molar-refractivity contribution in [3.8, 4) is 0 Å². The van der Waals surface area contributed by atoms with Gasteiger partial charge in [-0.3, -0.25) is 0 Å². The van der Waals surface area contributed by atoms with Crippen molar-refractivity contribution in [2.24, 2.45) is 11.3 Å². The van der Waals surface area contributed by atoms with Crippen molar-refractivity contribution < 1.29 is 5.11 Å². The van der Waals surface area contributed by atoms with Gasteiger partial charge in [-0.15, -0.1) is 0 Å². The van der Waals surface area contributed by atoms with E-state index >= 15 is 0 Å². The molecule has 2 rings (SSSR count). The molecule has 1 N–H and O–H groups in total. The molecule has 0 saturated heterocycles. The van der Waals surface area contributed by atoms with Crippen LogP contribution in [0.5, 0.6) is 0 Å². The maximum Gasteiger partial charge on any atom is 0.0828 e. The van der Waals surface area contributed by atoms with E-state index in [9.17, 15) is 5.11 Å². The van der Waals surface area contributed by atoms with Crippen molar-refractivity contribution in [2.75, 3.05) is 0 Å². The summed E-state index contributed by atoms with van der Waals surface area (Å²) in [7, 11) is 0. The van der Waals surface area contributed by atoms with Crippen LogP contribution in [-0.2, 0) is 0 Å². The van der Waals surface area contributed by atoms with Gasteiger partial charge in [0.05, 0.1) is 6.10 Å². The van der Waals surface area contributed by atoms with Gasteiger partial charge in [0, 0.05) is 0 Å². The summed E-state index contributed by atoms with van der Waals surface area (Å²) in [5.41, 5.74) is 6.60. The zero-order chi connectivity index (χ0) is 15.1. The van der Waals surface area contributed by atoms with Crippen molar-refractivity contribution in [1.82, 2.24) is 0 Å². The monoisotopic (exact) mass is 274 g/mol. The van der Waals surface area contributed by atoms with Gasteiger partial charge in [0.15, 0.2) is 0 Å².